The average Bonchev–Trinajstić information content (AvgIpc) is 2.33. The Morgan fingerprint density at radius 1 is 1.33 bits per heavy atom. The number of benzene rings is 1. The summed E-state index contributed by atoms with van der Waals surface area (Å²) in [6.07, 6.45) is 2.02. The molecule has 0 aliphatic carbocycles. The fourth-order valence-corrected chi connectivity index (χ4v) is 1.32. The topological polar surface area (TPSA) is 61.5 Å². The molecule has 0 aromatic heterocycles. The third kappa shape index (κ3) is 4.71. The van der Waals surface area contributed by atoms with Gasteiger partial charge in [-0.2, -0.15) is 0 Å². The molecule has 0 aliphatic heterocycles. The van der Waals surface area contributed by atoms with Gasteiger partial charge in [-0.15, -0.1) is 0 Å². The Balaban J connectivity index is 2.32. The number of nitrogens with two attached hydrogens (primary N) is 1. The van der Waals surface area contributed by atoms with E-state index in [2.05, 4.69) is 6.92 Å². The van der Waals surface area contributed by atoms with Crippen LogP contribution >= 0.6 is 0 Å². The van der Waals surface area contributed by atoms with Crippen LogP contribution in [-0.2, 0) is 9.47 Å². The Morgan fingerprint density at radius 2 is 2.11 bits per heavy atom. The van der Waals surface area contributed by atoms with Crippen LogP contribution in [0.5, 0.6) is 0 Å². The normalized spacial score (nSPS) is 10.3. The summed E-state index contributed by atoms with van der Waals surface area (Å²) in [5, 5.41) is 0. The number of ether oxygens (including phenoxy) is 2. The minimum Gasteiger partial charge on any atom is -0.460 e. The van der Waals surface area contributed by atoms with Crippen LogP contribution in [0.25, 0.3) is 0 Å². The largest absolute Gasteiger partial charge is 0.460 e. The summed E-state index contributed by atoms with van der Waals surface area (Å²) < 4.78 is 23.5. The molecule has 0 unspecified atom stereocenters. The Kier molecular flexibility index (Phi) is 6.14. The smallest absolute Gasteiger partial charge is 0.341 e. The molecule has 1 aromatic rings. The SMILES string of the molecule is CCCCOCCOC(=O)c1ccc(N)cc1F. The first-order chi connectivity index (χ1) is 8.65. The van der Waals surface area contributed by atoms with E-state index >= 15 is 0 Å². The molecule has 0 radical (unpaired) electrons. The van der Waals surface area contributed by atoms with Crippen LogP contribution in [0.1, 0.15) is 30.1 Å². The first-order valence-electron chi connectivity index (χ1n) is 5.95. The number of hydrogen-bond donors (Lipinski definition) is 1. The second-order valence-electron chi connectivity index (χ2n) is 3.84. The molecule has 0 amide bonds. The van der Waals surface area contributed by atoms with E-state index in [1.165, 1.54) is 12.1 Å². The van der Waals surface area contributed by atoms with Gasteiger partial charge in [0.25, 0.3) is 0 Å². The summed E-state index contributed by atoms with van der Waals surface area (Å²) in [4.78, 5) is 11.5. The van der Waals surface area contributed by atoms with Gasteiger partial charge in [0.2, 0.25) is 0 Å². The van der Waals surface area contributed by atoms with Gasteiger partial charge < -0.3 is 15.2 Å². The van der Waals surface area contributed by atoms with Crippen molar-refractivity contribution < 1.29 is 18.7 Å². The highest BCUT2D eigenvalue weighted by Crippen LogP contribution is 2.12. The maximum atomic E-state index is 13.4. The molecule has 5 heteroatoms. The van der Waals surface area contributed by atoms with E-state index in [9.17, 15) is 9.18 Å². The highest BCUT2D eigenvalue weighted by Gasteiger charge is 2.12. The van der Waals surface area contributed by atoms with Crippen molar-refractivity contribution in [2.24, 2.45) is 0 Å². The highest BCUT2D eigenvalue weighted by atomic mass is 19.1. The second kappa shape index (κ2) is 7.66. The molecule has 1 rings (SSSR count). The van der Waals surface area contributed by atoms with Crippen molar-refractivity contribution in [3.63, 3.8) is 0 Å². The van der Waals surface area contributed by atoms with Gasteiger partial charge in [0.1, 0.15) is 12.4 Å². The number of unbranched alkanes of at least 4 members (excludes halogenated alkanes) is 1. The summed E-state index contributed by atoms with van der Waals surface area (Å²) in [6, 6.07) is 3.86. The van der Waals surface area contributed by atoms with Crippen LogP contribution in [0.15, 0.2) is 18.2 Å². The van der Waals surface area contributed by atoms with Gasteiger partial charge >= 0.3 is 5.97 Å². The fourth-order valence-electron chi connectivity index (χ4n) is 1.32. The number of nitrogen functional groups attached to an aromatic ring is 1. The van der Waals surface area contributed by atoms with Crippen LogP contribution < -0.4 is 5.73 Å². The van der Waals surface area contributed by atoms with E-state index in [-0.39, 0.29) is 17.9 Å². The van der Waals surface area contributed by atoms with E-state index in [4.69, 9.17) is 15.2 Å². The first-order valence-corrected chi connectivity index (χ1v) is 5.95. The molecule has 0 fully saturated rings. The number of anilines is 1. The Bertz CT molecular complexity index is 396. The predicted octanol–water partition coefficient (Wildman–Crippen LogP) is 2.38. The molecule has 2 N–H and O–H groups in total. The third-order valence-electron chi connectivity index (χ3n) is 2.32. The quantitative estimate of drug-likeness (QED) is 0.461. The maximum Gasteiger partial charge on any atom is 0.341 e. The first kappa shape index (κ1) is 14.4. The lowest BCUT2D eigenvalue weighted by atomic mass is 10.2. The van der Waals surface area contributed by atoms with Gasteiger partial charge in [-0.25, -0.2) is 9.18 Å². The molecule has 0 heterocycles. The molecule has 0 saturated carbocycles. The predicted molar refractivity (Wildman–Crippen MR) is 66.8 cm³/mol. The molecule has 0 bridgehead atoms. The van der Waals surface area contributed by atoms with Gasteiger partial charge in [0, 0.05) is 12.3 Å². The van der Waals surface area contributed by atoms with Crippen molar-refractivity contribution in [1.82, 2.24) is 0 Å². The zero-order valence-corrected chi connectivity index (χ0v) is 10.4. The maximum absolute atomic E-state index is 13.4. The fraction of sp³-hybridized carbons (Fsp3) is 0.462. The van der Waals surface area contributed by atoms with Crippen LogP contribution in [0.2, 0.25) is 0 Å². The third-order valence-corrected chi connectivity index (χ3v) is 2.32. The standard InChI is InChI=1S/C13H18FNO3/c1-2-3-6-17-7-8-18-13(16)11-5-4-10(15)9-12(11)14/h4-5,9H,2-3,6-8,15H2,1H3. The van der Waals surface area contributed by atoms with E-state index in [1.807, 2.05) is 0 Å². The highest BCUT2D eigenvalue weighted by molar-refractivity contribution is 5.90. The van der Waals surface area contributed by atoms with Crippen molar-refractivity contribution in [2.45, 2.75) is 19.8 Å². The molecular formula is C13H18FNO3. The Labute approximate surface area is 106 Å². The molecule has 0 atom stereocenters. The number of hydrogen-bond acceptors (Lipinski definition) is 4. The van der Waals surface area contributed by atoms with Gasteiger partial charge in [-0.3, -0.25) is 0 Å². The minimum absolute atomic E-state index is 0.113. The summed E-state index contributed by atoms with van der Waals surface area (Å²) >= 11 is 0. The van der Waals surface area contributed by atoms with Gasteiger partial charge in [-0.05, 0) is 24.6 Å². The molecule has 0 spiro atoms. The molecule has 1 aromatic carbocycles. The monoisotopic (exact) mass is 255 g/mol. The van der Waals surface area contributed by atoms with Crippen LogP contribution in [0.4, 0.5) is 10.1 Å². The number of carbonyl (C=O) groups is 1. The lowest BCUT2D eigenvalue weighted by Crippen LogP contribution is -2.12. The van der Waals surface area contributed by atoms with Crippen molar-refractivity contribution in [3.8, 4) is 0 Å². The number of carbonyl (C=O) groups excluding carboxylic acids is 1. The summed E-state index contributed by atoms with van der Waals surface area (Å²) in [6.45, 7) is 3.15. The van der Waals surface area contributed by atoms with E-state index in [1.54, 1.807) is 0 Å². The lowest BCUT2D eigenvalue weighted by Gasteiger charge is -2.06. The van der Waals surface area contributed by atoms with Crippen molar-refractivity contribution >= 4 is 11.7 Å². The molecule has 4 nitrogen and oxygen atoms in total. The Hall–Kier alpha value is -1.62. The molecule has 18 heavy (non-hydrogen) atoms. The molecular weight excluding hydrogens is 237 g/mol. The molecule has 0 aliphatic rings. The summed E-state index contributed by atoms with van der Waals surface area (Å²) in [5.74, 6) is -1.38. The van der Waals surface area contributed by atoms with Crippen molar-refractivity contribution in [2.75, 3.05) is 25.6 Å². The molecule has 100 valence electrons. The van der Waals surface area contributed by atoms with Gasteiger partial charge in [0.05, 0.1) is 12.2 Å². The van der Waals surface area contributed by atoms with Crippen molar-refractivity contribution in [1.29, 1.82) is 0 Å². The average molecular weight is 255 g/mol. The summed E-state index contributed by atoms with van der Waals surface area (Å²) in [7, 11) is 0. The van der Waals surface area contributed by atoms with E-state index in [0.717, 1.165) is 18.9 Å². The summed E-state index contributed by atoms with van der Waals surface area (Å²) in [5.41, 5.74) is 5.54. The van der Waals surface area contributed by atoms with E-state index < -0.39 is 11.8 Å². The van der Waals surface area contributed by atoms with Crippen LogP contribution in [0.3, 0.4) is 0 Å². The Morgan fingerprint density at radius 3 is 2.78 bits per heavy atom. The minimum atomic E-state index is -0.702. The van der Waals surface area contributed by atoms with E-state index in [0.29, 0.717) is 13.2 Å². The van der Waals surface area contributed by atoms with Gasteiger partial charge in [0.15, 0.2) is 0 Å². The van der Waals surface area contributed by atoms with Gasteiger partial charge in [-0.1, -0.05) is 13.3 Å². The number of esters is 1. The van der Waals surface area contributed by atoms with Crippen molar-refractivity contribution in [3.05, 3.63) is 29.6 Å². The zero-order chi connectivity index (χ0) is 13.4. The van der Waals surface area contributed by atoms with Crippen LogP contribution in [-0.4, -0.2) is 25.8 Å². The number of halogens is 1. The molecule has 0 saturated heterocycles. The second-order valence-corrected chi connectivity index (χ2v) is 3.84. The zero-order valence-electron chi connectivity index (χ0n) is 10.4. The van der Waals surface area contributed by atoms with Crippen LogP contribution in [0, 0.1) is 5.82 Å². The lowest BCUT2D eigenvalue weighted by molar-refractivity contribution is 0.0309. The number of rotatable bonds is 7.